The minimum absolute atomic E-state index is 0.0536. The highest BCUT2D eigenvalue weighted by molar-refractivity contribution is 6.01. The van der Waals surface area contributed by atoms with Crippen molar-refractivity contribution in [1.29, 1.82) is 0 Å². The molecule has 0 aromatic carbocycles. The zero-order chi connectivity index (χ0) is 25.9. The standard InChI is InChI=1S/C23H36N4O8/c1-16(6-12-28)14-17(30)26-10-4-7-22(34-26)19(32)25-23(20(33)24-22)8-5-11-27(35-23)18(31)15-21(2,3)9-13-29/h14,28-29H,4-13,15H2,1-3H3,(H,24,33)(H,25,32)/b16-14+. The zero-order valence-electron chi connectivity index (χ0n) is 20.6. The Labute approximate surface area is 204 Å². The zero-order valence-corrected chi connectivity index (χ0v) is 20.6. The van der Waals surface area contributed by atoms with Gasteiger partial charge in [0, 0.05) is 51.6 Å². The highest BCUT2D eigenvalue weighted by Crippen LogP contribution is 2.34. The van der Waals surface area contributed by atoms with Gasteiger partial charge in [-0.25, -0.2) is 19.8 Å². The van der Waals surface area contributed by atoms with Crippen molar-refractivity contribution in [3.05, 3.63) is 11.6 Å². The average Bonchev–Trinajstić information content (AvgIpc) is 2.78. The monoisotopic (exact) mass is 496 g/mol. The molecule has 2 atom stereocenters. The largest absolute Gasteiger partial charge is 0.396 e. The Morgan fingerprint density at radius 2 is 1.54 bits per heavy atom. The van der Waals surface area contributed by atoms with Crippen molar-refractivity contribution in [2.75, 3.05) is 26.3 Å². The van der Waals surface area contributed by atoms with Crippen LogP contribution < -0.4 is 10.6 Å². The lowest BCUT2D eigenvalue weighted by Crippen LogP contribution is -2.79. The third-order valence-corrected chi connectivity index (χ3v) is 6.49. The van der Waals surface area contributed by atoms with Crippen LogP contribution in [0.15, 0.2) is 11.6 Å². The average molecular weight is 497 g/mol. The molecule has 12 nitrogen and oxygen atoms in total. The van der Waals surface area contributed by atoms with Gasteiger partial charge in [-0.15, -0.1) is 0 Å². The number of rotatable bonds is 7. The summed E-state index contributed by atoms with van der Waals surface area (Å²) in [6, 6.07) is 0. The number of carbonyl (C=O) groups is 4. The summed E-state index contributed by atoms with van der Waals surface area (Å²) in [4.78, 5) is 63.4. The molecule has 0 aromatic rings. The van der Waals surface area contributed by atoms with Crippen LogP contribution in [0.4, 0.5) is 0 Å². The van der Waals surface area contributed by atoms with Gasteiger partial charge < -0.3 is 20.8 Å². The van der Waals surface area contributed by atoms with Gasteiger partial charge in [0.1, 0.15) is 0 Å². The SMILES string of the molecule is C/C(=C\C(=O)N1CCCC2(NC(=O)C3(CCCN(C(=O)CC(C)(C)CCO)O3)NC2=O)O1)CCO. The number of hydrogen-bond donors (Lipinski definition) is 4. The molecule has 35 heavy (non-hydrogen) atoms. The number of nitrogens with zero attached hydrogens (tertiary/aromatic N) is 2. The Morgan fingerprint density at radius 1 is 1.00 bits per heavy atom. The Kier molecular flexibility index (Phi) is 8.20. The van der Waals surface area contributed by atoms with E-state index >= 15 is 0 Å². The number of hydroxylamine groups is 4. The molecule has 12 heteroatoms. The predicted octanol–water partition coefficient (Wildman–Crippen LogP) is -0.140. The van der Waals surface area contributed by atoms with Gasteiger partial charge in [-0.1, -0.05) is 19.4 Å². The highest BCUT2D eigenvalue weighted by Gasteiger charge is 2.59. The van der Waals surface area contributed by atoms with E-state index < -0.39 is 34.6 Å². The van der Waals surface area contributed by atoms with Gasteiger partial charge in [0.05, 0.1) is 0 Å². The first-order chi connectivity index (χ1) is 16.5. The Morgan fingerprint density at radius 3 is 2.09 bits per heavy atom. The molecule has 4 N–H and O–H groups in total. The van der Waals surface area contributed by atoms with Crippen molar-refractivity contribution in [2.45, 2.75) is 77.2 Å². The number of piperazine rings is 1. The third-order valence-electron chi connectivity index (χ3n) is 6.49. The lowest BCUT2D eigenvalue weighted by molar-refractivity contribution is -0.292. The van der Waals surface area contributed by atoms with Crippen LogP contribution in [-0.2, 0) is 28.9 Å². The summed E-state index contributed by atoms with van der Waals surface area (Å²) in [5.41, 5.74) is -3.34. The van der Waals surface area contributed by atoms with Gasteiger partial charge in [0.2, 0.25) is 17.4 Å². The summed E-state index contributed by atoms with van der Waals surface area (Å²) in [7, 11) is 0. The Hall–Kier alpha value is -2.54. The maximum Gasteiger partial charge on any atom is 0.278 e. The maximum absolute atomic E-state index is 13.2. The van der Waals surface area contributed by atoms with E-state index in [1.54, 1.807) is 6.92 Å². The van der Waals surface area contributed by atoms with E-state index in [-0.39, 0.29) is 51.5 Å². The molecule has 0 saturated carbocycles. The van der Waals surface area contributed by atoms with Crippen LogP contribution in [0.3, 0.4) is 0 Å². The van der Waals surface area contributed by atoms with E-state index in [9.17, 15) is 24.3 Å². The summed E-state index contributed by atoms with van der Waals surface area (Å²) in [6.45, 7) is 5.76. The minimum Gasteiger partial charge on any atom is -0.396 e. The summed E-state index contributed by atoms with van der Waals surface area (Å²) in [5.74, 6) is -2.17. The molecule has 2 unspecified atom stereocenters. The second-order valence-electron chi connectivity index (χ2n) is 10.2. The van der Waals surface area contributed by atoms with Crippen molar-refractivity contribution < 1.29 is 39.1 Å². The van der Waals surface area contributed by atoms with E-state index in [1.807, 2.05) is 13.8 Å². The maximum atomic E-state index is 13.2. The molecule has 196 valence electrons. The number of aliphatic hydroxyl groups is 2. The van der Waals surface area contributed by atoms with Gasteiger partial charge in [-0.05, 0) is 38.0 Å². The molecule has 3 heterocycles. The van der Waals surface area contributed by atoms with Crippen LogP contribution >= 0.6 is 0 Å². The molecule has 3 aliphatic heterocycles. The number of amides is 4. The third kappa shape index (κ3) is 6.00. The van der Waals surface area contributed by atoms with Crippen molar-refractivity contribution in [3.8, 4) is 0 Å². The quantitative estimate of drug-likeness (QED) is 0.355. The molecule has 3 saturated heterocycles. The van der Waals surface area contributed by atoms with Gasteiger partial charge in [0.25, 0.3) is 17.7 Å². The van der Waals surface area contributed by atoms with E-state index in [2.05, 4.69) is 10.6 Å². The molecule has 0 aliphatic carbocycles. The molecule has 2 spiro atoms. The van der Waals surface area contributed by atoms with Crippen LogP contribution in [0, 0.1) is 5.41 Å². The van der Waals surface area contributed by atoms with Crippen LogP contribution in [0.5, 0.6) is 0 Å². The molecule has 3 fully saturated rings. The fraction of sp³-hybridized carbons (Fsp3) is 0.739. The first kappa shape index (κ1) is 27.1. The van der Waals surface area contributed by atoms with Crippen molar-refractivity contribution >= 4 is 23.6 Å². The van der Waals surface area contributed by atoms with Crippen LogP contribution in [0.25, 0.3) is 0 Å². The highest BCUT2D eigenvalue weighted by atomic mass is 16.7. The molecule has 3 rings (SSSR count). The first-order valence-electron chi connectivity index (χ1n) is 12.0. The van der Waals surface area contributed by atoms with Gasteiger partial charge in [-0.2, -0.15) is 0 Å². The Bertz CT molecular complexity index is 891. The van der Waals surface area contributed by atoms with E-state index in [4.69, 9.17) is 14.8 Å². The van der Waals surface area contributed by atoms with Gasteiger partial charge in [-0.3, -0.25) is 19.2 Å². The molecular weight excluding hydrogens is 460 g/mol. The predicted molar refractivity (Wildman–Crippen MR) is 121 cm³/mol. The van der Waals surface area contributed by atoms with Crippen LogP contribution in [0.2, 0.25) is 0 Å². The number of hydrogen-bond acceptors (Lipinski definition) is 8. The first-order valence-corrected chi connectivity index (χ1v) is 12.0. The summed E-state index contributed by atoms with van der Waals surface area (Å²) in [6.07, 6.45) is 3.33. The van der Waals surface area contributed by atoms with E-state index in [1.165, 1.54) is 6.08 Å². The summed E-state index contributed by atoms with van der Waals surface area (Å²) >= 11 is 0. The minimum atomic E-state index is -1.77. The molecule has 4 amide bonds. The van der Waals surface area contributed by atoms with E-state index in [0.717, 1.165) is 10.1 Å². The molecule has 0 radical (unpaired) electrons. The number of nitrogens with one attached hydrogen (secondary N) is 2. The lowest BCUT2D eigenvalue weighted by Gasteiger charge is -2.50. The van der Waals surface area contributed by atoms with Gasteiger partial charge in [0.15, 0.2) is 0 Å². The van der Waals surface area contributed by atoms with E-state index in [0.29, 0.717) is 31.3 Å². The number of carbonyl (C=O) groups excluding carboxylic acids is 4. The lowest BCUT2D eigenvalue weighted by atomic mass is 9.85. The fourth-order valence-electron chi connectivity index (χ4n) is 4.42. The van der Waals surface area contributed by atoms with Crippen molar-refractivity contribution in [1.82, 2.24) is 20.8 Å². The molecule has 0 aromatic heterocycles. The molecule has 0 bridgehead atoms. The fourth-order valence-corrected chi connectivity index (χ4v) is 4.42. The second kappa shape index (κ2) is 10.6. The number of aliphatic hydroxyl groups excluding tert-OH is 2. The summed E-state index contributed by atoms with van der Waals surface area (Å²) < 4.78 is 0. The topological polar surface area (TPSA) is 158 Å². The van der Waals surface area contributed by atoms with Gasteiger partial charge >= 0.3 is 0 Å². The summed E-state index contributed by atoms with van der Waals surface area (Å²) in [5, 5.41) is 25.6. The molecular formula is C23H36N4O8. The van der Waals surface area contributed by atoms with Crippen LogP contribution in [0.1, 0.15) is 65.7 Å². The second-order valence-corrected chi connectivity index (χ2v) is 10.2. The normalized spacial score (nSPS) is 27.7. The van der Waals surface area contributed by atoms with Crippen molar-refractivity contribution in [2.24, 2.45) is 5.41 Å². The van der Waals surface area contributed by atoms with Crippen LogP contribution in [-0.4, -0.2) is 81.7 Å². The molecule has 3 aliphatic rings. The smallest absolute Gasteiger partial charge is 0.278 e. The Balaban J connectivity index is 1.71. The van der Waals surface area contributed by atoms with Crippen molar-refractivity contribution in [3.63, 3.8) is 0 Å².